The van der Waals surface area contributed by atoms with E-state index < -0.39 is 0 Å². The molecule has 0 radical (unpaired) electrons. The van der Waals surface area contributed by atoms with Crippen LogP contribution >= 0.6 is 23.9 Å². The Balaban J connectivity index is 1.33. The molecule has 3 heterocycles. The number of aromatic nitrogens is 2. The van der Waals surface area contributed by atoms with Gasteiger partial charge >= 0.3 is 0 Å². The first kappa shape index (κ1) is 32.9. The monoisotopic (exact) mass is 681 g/mol. The molecule has 44 heavy (non-hydrogen) atoms. The van der Waals surface area contributed by atoms with E-state index in [2.05, 4.69) is 118 Å². The number of nitrogens with one attached hydrogen (secondary N) is 2. The lowest BCUT2D eigenvalue weighted by molar-refractivity contribution is 0.0982. The minimum Gasteiger partial charge on any atom is -0.494 e. The summed E-state index contributed by atoms with van der Waals surface area (Å²) in [6.07, 6.45) is 5.15. The molecule has 0 spiro atoms. The van der Waals surface area contributed by atoms with E-state index in [0.717, 1.165) is 46.9 Å². The quantitative estimate of drug-likeness (QED) is 0.222. The summed E-state index contributed by atoms with van der Waals surface area (Å²) in [6.45, 7) is 18.2. The largest absolute Gasteiger partial charge is 0.494 e. The fraction of sp³-hybridized carbons (Fsp3) is 0.529. The Morgan fingerprint density at radius 2 is 1.73 bits per heavy atom. The molecule has 5 rings (SSSR count). The van der Waals surface area contributed by atoms with Gasteiger partial charge in [0, 0.05) is 68.9 Å². The van der Waals surface area contributed by atoms with E-state index in [1.54, 1.807) is 13.3 Å². The predicted molar refractivity (Wildman–Crippen MR) is 192 cm³/mol. The number of methoxy groups -OCH3 is 1. The second kappa shape index (κ2) is 14.8. The zero-order valence-corrected chi connectivity index (χ0v) is 29.9. The van der Waals surface area contributed by atoms with Crippen LogP contribution in [0.1, 0.15) is 50.7 Å². The van der Waals surface area contributed by atoms with Gasteiger partial charge in [0.05, 0.1) is 17.3 Å². The number of likely N-dealkylation sites (N-methyl/N-ethyl adjacent to an activating group) is 1. The van der Waals surface area contributed by atoms with Gasteiger partial charge in [-0.2, -0.15) is 4.98 Å². The first-order valence-electron chi connectivity index (χ1n) is 15.9. The van der Waals surface area contributed by atoms with Crippen LogP contribution in [0.4, 0.5) is 28.8 Å². The molecule has 2 N–H and O–H groups in total. The number of anilines is 5. The van der Waals surface area contributed by atoms with Crippen LogP contribution in [0.5, 0.6) is 5.75 Å². The lowest BCUT2D eigenvalue weighted by atomic mass is 9.99. The zero-order chi connectivity index (χ0) is 31.4. The zero-order valence-electron chi connectivity index (χ0n) is 27.5. The summed E-state index contributed by atoms with van der Waals surface area (Å²) in [5.41, 5.74) is 5.89. The lowest BCUT2D eigenvalue weighted by Gasteiger charge is -2.43. The third-order valence-corrected chi connectivity index (χ3v) is 11.0. The standard InChI is InChI=1S/C34H49BrN7OP/c1-8-24-19-29(31(43-5)21-30(24)42-13-11-26(12-14-42)41-17-15-40(4)16-18-41)38-34-36-22-27(35)33(39-34)37-28-10-9-25(23(2)3)20-32(28)44(6)7/h9-10,19-23,26H,8,11-18H2,1-7H3,(H2,36,37,38,39). The summed E-state index contributed by atoms with van der Waals surface area (Å²) in [4.78, 5) is 17.2. The molecule has 0 saturated carbocycles. The van der Waals surface area contributed by atoms with Gasteiger partial charge < -0.3 is 25.2 Å². The van der Waals surface area contributed by atoms with Gasteiger partial charge in [0.25, 0.3) is 0 Å². The maximum atomic E-state index is 5.92. The minimum absolute atomic E-state index is 0.301. The van der Waals surface area contributed by atoms with Crippen molar-refractivity contribution in [3.8, 4) is 5.75 Å². The van der Waals surface area contributed by atoms with Gasteiger partial charge in [-0.1, -0.05) is 34.8 Å². The van der Waals surface area contributed by atoms with Crippen LogP contribution in [-0.2, 0) is 6.42 Å². The highest BCUT2D eigenvalue weighted by molar-refractivity contribution is 9.10. The van der Waals surface area contributed by atoms with Gasteiger partial charge in [-0.3, -0.25) is 4.90 Å². The Morgan fingerprint density at radius 1 is 1.00 bits per heavy atom. The van der Waals surface area contributed by atoms with Crippen molar-refractivity contribution in [2.75, 3.05) is 82.3 Å². The first-order chi connectivity index (χ1) is 21.2. The van der Waals surface area contributed by atoms with Gasteiger partial charge in [-0.15, -0.1) is 0 Å². The molecule has 0 aliphatic carbocycles. The van der Waals surface area contributed by atoms with Crippen molar-refractivity contribution in [2.24, 2.45) is 0 Å². The van der Waals surface area contributed by atoms with Crippen molar-refractivity contribution >= 4 is 58.0 Å². The highest BCUT2D eigenvalue weighted by Gasteiger charge is 2.28. The number of halogens is 1. The Kier molecular flexibility index (Phi) is 11.0. The number of rotatable bonds is 10. The number of nitrogens with zero attached hydrogens (tertiary/aromatic N) is 5. The second-order valence-corrected chi connectivity index (χ2v) is 15.7. The molecule has 0 unspecified atom stereocenters. The SMILES string of the molecule is CCc1cc(Nc2ncc(Br)c(Nc3ccc(C(C)C)cc3P(C)C)n2)c(OC)cc1N1CCC(N2CCN(C)CC2)CC1. The fourth-order valence-electron chi connectivity index (χ4n) is 6.26. The topological polar surface area (TPSA) is 68.8 Å². The molecule has 2 saturated heterocycles. The smallest absolute Gasteiger partial charge is 0.229 e. The number of piperidine rings is 1. The molecule has 0 atom stereocenters. The van der Waals surface area contributed by atoms with Gasteiger partial charge in [-0.25, -0.2) is 4.98 Å². The van der Waals surface area contributed by atoms with E-state index in [0.29, 0.717) is 17.9 Å². The van der Waals surface area contributed by atoms with Gasteiger partial charge in [0.1, 0.15) is 11.6 Å². The molecule has 0 bridgehead atoms. The van der Waals surface area contributed by atoms with E-state index in [1.807, 2.05) is 0 Å². The summed E-state index contributed by atoms with van der Waals surface area (Å²) >= 11 is 3.66. The van der Waals surface area contributed by atoms with E-state index in [4.69, 9.17) is 9.72 Å². The Hall–Kier alpha value is -2.45. The second-order valence-electron chi connectivity index (χ2n) is 12.6. The van der Waals surface area contributed by atoms with Crippen molar-refractivity contribution in [3.05, 3.63) is 52.1 Å². The third-order valence-electron chi connectivity index (χ3n) is 9.06. The van der Waals surface area contributed by atoms with Gasteiger partial charge in [-0.05, 0) is 96.1 Å². The molecule has 10 heteroatoms. The van der Waals surface area contributed by atoms with Crippen molar-refractivity contribution in [1.82, 2.24) is 19.8 Å². The summed E-state index contributed by atoms with van der Waals surface area (Å²) in [6, 6.07) is 11.8. The third kappa shape index (κ3) is 7.67. The summed E-state index contributed by atoms with van der Waals surface area (Å²) in [5, 5.41) is 8.38. The molecule has 2 aliphatic rings. The van der Waals surface area contributed by atoms with E-state index in [1.165, 1.54) is 61.1 Å². The molecule has 0 amide bonds. The number of benzene rings is 2. The van der Waals surface area contributed by atoms with Crippen molar-refractivity contribution in [1.29, 1.82) is 0 Å². The maximum Gasteiger partial charge on any atom is 0.229 e. The Morgan fingerprint density at radius 3 is 2.36 bits per heavy atom. The van der Waals surface area contributed by atoms with Crippen molar-refractivity contribution in [2.45, 2.75) is 52.0 Å². The molecule has 238 valence electrons. The van der Waals surface area contributed by atoms with E-state index in [-0.39, 0.29) is 7.92 Å². The molecule has 2 aliphatic heterocycles. The van der Waals surface area contributed by atoms with Crippen LogP contribution < -0.4 is 25.6 Å². The van der Waals surface area contributed by atoms with E-state index >= 15 is 0 Å². The number of ether oxygens (including phenoxy) is 1. The average Bonchev–Trinajstić information content (AvgIpc) is 3.03. The molecule has 1 aromatic heterocycles. The summed E-state index contributed by atoms with van der Waals surface area (Å²) < 4.78 is 6.73. The number of aryl methyl sites for hydroxylation is 1. The summed E-state index contributed by atoms with van der Waals surface area (Å²) in [5.74, 6) is 2.54. The minimum atomic E-state index is -0.301. The fourth-order valence-corrected chi connectivity index (χ4v) is 7.57. The molecule has 2 aromatic carbocycles. The van der Waals surface area contributed by atoms with Crippen LogP contribution in [0.15, 0.2) is 41.0 Å². The van der Waals surface area contributed by atoms with E-state index in [9.17, 15) is 0 Å². The number of hydrogen-bond acceptors (Lipinski definition) is 8. The lowest BCUT2D eigenvalue weighted by Crippen LogP contribution is -2.52. The van der Waals surface area contributed by atoms with Crippen LogP contribution in [0, 0.1) is 0 Å². The molecular weight excluding hydrogens is 633 g/mol. The normalized spacial score (nSPS) is 17.0. The first-order valence-corrected chi connectivity index (χ1v) is 19.0. The van der Waals surface area contributed by atoms with Crippen molar-refractivity contribution < 1.29 is 4.74 Å². The predicted octanol–water partition coefficient (Wildman–Crippen LogP) is 7.00. The van der Waals surface area contributed by atoms with Crippen LogP contribution in [0.2, 0.25) is 0 Å². The maximum absolute atomic E-state index is 5.92. The van der Waals surface area contributed by atoms with Crippen LogP contribution in [-0.4, -0.2) is 92.6 Å². The number of piperazine rings is 1. The molecule has 2 fully saturated rings. The van der Waals surface area contributed by atoms with Crippen LogP contribution in [0.25, 0.3) is 0 Å². The van der Waals surface area contributed by atoms with Crippen LogP contribution in [0.3, 0.4) is 0 Å². The molecular formula is C34H49BrN7OP. The molecule has 8 nitrogen and oxygen atoms in total. The Bertz CT molecular complexity index is 1420. The number of hydrogen-bond donors (Lipinski definition) is 2. The Labute approximate surface area is 273 Å². The van der Waals surface area contributed by atoms with Crippen molar-refractivity contribution in [3.63, 3.8) is 0 Å². The van der Waals surface area contributed by atoms with Gasteiger partial charge in [0.15, 0.2) is 0 Å². The van der Waals surface area contributed by atoms with Gasteiger partial charge in [0.2, 0.25) is 5.95 Å². The average molecular weight is 683 g/mol. The highest BCUT2D eigenvalue weighted by atomic mass is 79.9. The highest BCUT2D eigenvalue weighted by Crippen LogP contribution is 2.38. The summed E-state index contributed by atoms with van der Waals surface area (Å²) in [7, 11) is 3.66. The molecule has 3 aromatic rings.